The number of fused-ring (bicyclic) bond motifs is 2. The topological polar surface area (TPSA) is 50.5 Å². The molecule has 3 aromatic carbocycles. The Labute approximate surface area is 190 Å². The van der Waals surface area contributed by atoms with E-state index in [-0.39, 0.29) is 18.7 Å². The van der Waals surface area contributed by atoms with Gasteiger partial charge >= 0.3 is 0 Å². The molecule has 0 aliphatic carbocycles. The third-order valence-corrected chi connectivity index (χ3v) is 6.03. The number of ether oxygens (including phenoxy) is 1. The Balaban J connectivity index is 1.23. The second-order valence-electron chi connectivity index (χ2n) is 8.58. The van der Waals surface area contributed by atoms with Gasteiger partial charge in [0, 0.05) is 25.7 Å². The molecule has 0 radical (unpaired) electrons. The Bertz CT molecular complexity index is 1290. The molecule has 0 saturated heterocycles. The van der Waals surface area contributed by atoms with Gasteiger partial charge in [-0.2, -0.15) is 8.78 Å². The van der Waals surface area contributed by atoms with Crippen molar-refractivity contribution in [2.45, 2.75) is 18.6 Å². The number of aryl methyl sites for hydroxylation is 1. The summed E-state index contributed by atoms with van der Waals surface area (Å²) in [5.74, 6) is -2.32. The van der Waals surface area contributed by atoms with E-state index in [4.69, 9.17) is 4.74 Å². The maximum absolute atomic E-state index is 14.5. The summed E-state index contributed by atoms with van der Waals surface area (Å²) in [6.45, 7) is 0.104. The van der Waals surface area contributed by atoms with Crippen molar-refractivity contribution in [3.8, 4) is 16.9 Å². The maximum Gasteiger partial charge on any atom is 0.285 e. The van der Waals surface area contributed by atoms with E-state index in [1.165, 1.54) is 6.07 Å². The van der Waals surface area contributed by atoms with Gasteiger partial charge in [-0.15, -0.1) is 0 Å². The van der Waals surface area contributed by atoms with Crippen LogP contribution in [0, 0.1) is 0 Å². The number of hydrogen-bond acceptors (Lipinski definition) is 4. The number of rotatable bonds is 6. The molecular formula is C26H25F2N3O2. The Morgan fingerprint density at radius 2 is 1.88 bits per heavy atom. The molecule has 1 aliphatic heterocycles. The lowest BCUT2D eigenvalue weighted by atomic mass is 9.96. The fourth-order valence-electron chi connectivity index (χ4n) is 4.43. The first kappa shape index (κ1) is 21.6. The molecule has 4 aromatic rings. The molecule has 0 saturated carbocycles. The molecule has 1 aliphatic rings. The molecule has 0 bridgehead atoms. The van der Waals surface area contributed by atoms with Crippen molar-refractivity contribution in [1.29, 1.82) is 0 Å². The third kappa shape index (κ3) is 4.47. The molecule has 7 heteroatoms. The van der Waals surface area contributed by atoms with Gasteiger partial charge < -0.3 is 14.4 Å². The van der Waals surface area contributed by atoms with Crippen LogP contribution in [0.3, 0.4) is 0 Å². The van der Waals surface area contributed by atoms with Gasteiger partial charge in [0.1, 0.15) is 18.5 Å². The lowest BCUT2D eigenvalue weighted by Gasteiger charge is -2.35. The van der Waals surface area contributed by atoms with Crippen LogP contribution in [0.25, 0.3) is 22.2 Å². The SMILES string of the molecule is Cn1cnc2cc(-c3cccc(OCC(O)CN4Cc5ccccc5C(F)(F)C4)c3)ccc21. The minimum atomic E-state index is -2.93. The van der Waals surface area contributed by atoms with E-state index < -0.39 is 18.6 Å². The molecule has 1 unspecified atom stereocenters. The number of alkyl halides is 2. The minimum absolute atomic E-state index is 0.0203. The van der Waals surface area contributed by atoms with Crippen LogP contribution in [-0.2, 0) is 19.5 Å². The average molecular weight is 450 g/mol. The highest BCUT2D eigenvalue weighted by atomic mass is 19.3. The van der Waals surface area contributed by atoms with Gasteiger partial charge in [-0.3, -0.25) is 4.90 Å². The van der Waals surface area contributed by atoms with Gasteiger partial charge in [-0.1, -0.05) is 42.5 Å². The first-order valence-electron chi connectivity index (χ1n) is 10.9. The van der Waals surface area contributed by atoms with Crippen molar-refractivity contribution in [3.05, 3.63) is 84.2 Å². The van der Waals surface area contributed by atoms with E-state index >= 15 is 0 Å². The number of benzene rings is 3. The summed E-state index contributed by atoms with van der Waals surface area (Å²) in [5.41, 5.74) is 4.63. The number of hydrogen-bond donors (Lipinski definition) is 1. The van der Waals surface area contributed by atoms with Crippen molar-refractivity contribution in [2.75, 3.05) is 19.7 Å². The number of nitrogens with zero attached hydrogens (tertiary/aromatic N) is 3. The normalized spacial score (nSPS) is 16.5. The molecule has 1 N–H and O–H groups in total. The van der Waals surface area contributed by atoms with Crippen molar-refractivity contribution in [2.24, 2.45) is 7.05 Å². The van der Waals surface area contributed by atoms with E-state index in [0.29, 0.717) is 17.9 Å². The quantitative estimate of drug-likeness (QED) is 0.468. The Hall–Kier alpha value is -3.29. The molecule has 5 nitrogen and oxygen atoms in total. The predicted octanol–water partition coefficient (Wildman–Crippen LogP) is 4.59. The lowest BCUT2D eigenvalue weighted by Crippen LogP contribution is -2.44. The lowest BCUT2D eigenvalue weighted by molar-refractivity contribution is -0.0630. The Morgan fingerprint density at radius 3 is 2.76 bits per heavy atom. The van der Waals surface area contributed by atoms with Gasteiger partial charge in [0.15, 0.2) is 0 Å². The number of aliphatic hydroxyl groups is 1. The largest absolute Gasteiger partial charge is 0.491 e. The van der Waals surface area contributed by atoms with Crippen LogP contribution in [0.4, 0.5) is 8.78 Å². The van der Waals surface area contributed by atoms with Gasteiger partial charge in [-0.25, -0.2) is 4.98 Å². The summed E-state index contributed by atoms with van der Waals surface area (Å²) in [6, 6.07) is 20.3. The molecule has 0 fully saturated rings. The number of aromatic nitrogens is 2. The highest BCUT2D eigenvalue weighted by Gasteiger charge is 2.40. The molecule has 33 heavy (non-hydrogen) atoms. The van der Waals surface area contributed by atoms with E-state index in [2.05, 4.69) is 4.98 Å². The molecule has 2 heterocycles. The van der Waals surface area contributed by atoms with Gasteiger partial charge in [-0.05, 0) is 41.0 Å². The van der Waals surface area contributed by atoms with Gasteiger partial charge in [0.25, 0.3) is 5.92 Å². The number of β-amino-alcohol motifs (C(OH)–C–C–N with tert-alkyl or cyclic N) is 1. The summed E-state index contributed by atoms with van der Waals surface area (Å²) in [4.78, 5) is 5.99. The highest BCUT2D eigenvalue weighted by Crippen LogP contribution is 2.36. The molecule has 1 atom stereocenters. The molecule has 170 valence electrons. The number of imidazole rings is 1. The monoisotopic (exact) mass is 449 g/mol. The number of aliphatic hydroxyl groups excluding tert-OH is 1. The van der Waals surface area contributed by atoms with E-state index in [0.717, 1.165) is 22.2 Å². The van der Waals surface area contributed by atoms with Crippen molar-refractivity contribution < 1.29 is 18.6 Å². The molecule has 0 amide bonds. The molecule has 1 aromatic heterocycles. The number of halogens is 2. The van der Waals surface area contributed by atoms with Gasteiger partial charge in [0.05, 0.1) is 23.9 Å². The van der Waals surface area contributed by atoms with Crippen molar-refractivity contribution in [3.63, 3.8) is 0 Å². The zero-order valence-corrected chi connectivity index (χ0v) is 18.3. The fourth-order valence-corrected chi connectivity index (χ4v) is 4.43. The van der Waals surface area contributed by atoms with E-state index in [1.807, 2.05) is 54.1 Å². The van der Waals surface area contributed by atoms with Crippen LogP contribution in [0.1, 0.15) is 11.1 Å². The fraction of sp³-hybridized carbons (Fsp3) is 0.269. The minimum Gasteiger partial charge on any atom is -0.491 e. The summed E-state index contributed by atoms with van der Waals surface area (Å²) in [7, 11) is 1.96. The smallest absolute Gasteiger partial charge is 0.285 e. The standard InChI is InChI=1S/C26H25F2N3O2/c1-30-17-29-24-12-19(9-10-25(24)30)18-6-4-7-22(11-18)33-15-21(32)14-31-13-20-5-2-3-8-23(20)26(27,28)16-31/h2-12,17,21,32H,13-16H2,1H3. The Kier molecular flexibility index (Phi) is 5.60. The van der Waals surface area contributed by atoms with Crippen LogP contribution in [0.2, 0.25) is 0 Å². The van der Waals surface area contributed by atoms with Crippen LogP contribution in [-0.4, -0.2) is 45.4 Å². The molecular weight excluding hydrogens is 424 g/mol. The van der Waals surface area contributed by atoms with Crippen LogP contribution >= 0.6 is 0 Å². The summed E-state index contributed by atoms with van der Waals surface area (Å²) >= 11 is 0. The second kappa shape index (κ2) is 8.57. The molecule has 0 spiro atoms. The highest BCUT2D eigenvalue weighted by molar-refractivity contribution is 5.82. The predicted molar refractivity (Wildman–Crippen MR) is 123 cm³/mol. The first-order chi connectivity index (χ1) is 15.9. The Morgan fingerprint density at radius 1 is 1.06 bits per heavy atom. The maximum atomic E-state index is 14.5. The summed E-state index contributed by atoms with van der Waals surface area (Å²) in [5, 5.41) is 10.5. The first-order valence-corrected chi connectivity index (χ1v) is 10.9. The summed E-state index contributed by atoms with van der Waals surface area (Å²) in [6.07, 6.45) is 0.895. The van der Waals surface area contributed by atoms with Crippen molar-refractivity contribution >= 4 is 11.0 Å². The van der Waals surface area contributed by atoms with E-state index in [9.17, 15) is 13.9 Å². The average Bonchev–Trinajstić information content (AvgIpc) is 3.17. The summed E-state index contributed by atoms with van der Waals surface area (Å²) < 4.78 is 36.8. The van der Waals surface area contributed by atoms with Crippen LogP contribution < -0.4 is 4.74 Å². The second-order valence-corrected chi connectivity index (χ2v) is 8.58. The van der Waals surface area contributed by atoms with Gasteiger partial charge in [0.2, 0.25) is 0 Å². The zero-order chi connectivity index (χ0) is 23.0. The van der Waals surface area contributed by atoms with Crippen LogP contribution in [0.15, 0.2) is 73.1 Å². The van der Waals surface area contributed by atoms with E-state index in [1.54, 1.807) is 29.4 Å². The van der Waals surface area contributed by atoms with Crippen molar-refractivity contribution in [1.82, 2.24) is 14.5 Å². The molecule has 5 rings (SSSR count). The third-order valence-electron chi connectivity index (χ3n) is 6.03. The van der Waals surface area contributed by atoms with Crippen LogP contribution in [0.5, 0.6) is 5.75 Å². The zero-order valence-electron chi connectivity index (χ0n) is 18.3.